The largest absolute Gasteiger partial charge is 0.394 e. The van der Waals surface area contributed by atoms with Crippen LogP contribution in [0, 0.1) is 0 Å². The van der Waals surface area contributed by atoms with Crippen LogP contribution in [0.5, 0.6) is 0 Å². The van der Waals surface area contributed by atoms with Gasteiger partial charge in [0.15, 0.2) is 37.7 Å². The number of aliphatic hydroxyl groups excluding tert-OH is 16. The second kappa shape index (κ2) is 25.1. The van der Waals surface area contributed by atoms with Crippen molar-refractivity contribution >= 4 is 0 Å². The second-order valence-corrected chi connectivity index (χ2v) is 20.3. The van der Waals surface area contributed by atoms with E-state index in [9.17, 15) is 81.7 Å². The Hall–Kier alpha value is -1.20. The summed E-state index contributed by atoms with van der Waals surface area (Å²) >= 11 is 0. The molecule has 0 amide bonds. The summed E-state index contributed by atoms with van der Waals surface area (Å²) in [7, 11) is 0. The minimum atomic E-state index is -2.12. The fourth-order valence-electron chi connectivity index (χ4n) is 10.8. The van der Waals surface area contributed by atoms with Crippen molar-refractivity contribution in [3.05, 3.63) is 0 Å². The lowest BCUT2D eigenvalue weighted by atomic mass is 9.94. The van der Waals surface area contributed by atoms with E-state index in [1.54, 1.807) is 6.92 Å². The Balaban J connectivity index is 1.10. The zero-order valence-electron chi connectivity index (χ0n) is 40.9. The number of piperazine rings is 1. The topological polar surface area (TPSA) is 441 Å². The van der Waals surface area contributed by atoms with Gasteiger partial charge in [0.1, 0.15) is 140 Å². The highest BCUT2D eigenvalue weighted by Crippen LogP contribution is 2.38. The van der Waals surface area contributed by atoms with Crippen LogP contribution < -0.4 is 0 Å². The molecule has 0 aromatic rings. The van der Waals surface area contributed by atoms with E-state index in [2.05, 4.69) is 18.7 Å². The Morgan fingerprint density at radius 2 is 0.554 bits per heavy atom. The van der Waals surface area contributed by atoms with E-state index in [1.165, 1.54) is 0 Å². The molecular formula is C44H76N2O28. The average molecular weight is 1080 g/mol. The fraction of sp³-hybridized carbons (Fsp3) is 1.00. The molecule has 0 spiro atoms. The molecule has 23 saturated heterocycles. The zero-order valence-corrected chi connectivity index (χ0v) is 40.9. The van der Waals surface area contributed by atoms with E-state index < -0.39 is 211 Å². The number of rotatable bonds is 8. The van der Waals surface area contributed by atoms with Crippen LogP contribution in [0.2, 0.25) is 0 Å². The summed E-state index contributed by atoms with van der Waals surface area (Å²) in [5.41, 5.74) is 0. The van der Waals surface area contributed by atoms with Gasteiger partial charge in [0.05, 0.1) is 32.5 Å². The molecule has 16 N–H and O–H groups in total. The molecule has 23 aliphatic rings. The third kappa shape index (κ3) is 11.8. The molecule has 74 heavy (non-hydrogen) atoms. The Morgan fingerprint density at radius 1 is 0.324 bits per heavy atom. The predicted octanol–water partition coefficient (Wildman–Crippen LogP) is -10.6. The molecule has 0 aliphatic carbocycles. The molecule has 0 aromatic carbocycles. The molecule has 0 saturated carbocycles. The van der Waals surface area contributed by atoms with Crippen LogP contribution >= 0.6 is 0 Å². The highest BCUT2D eigenvalue weighted by molar-refractivity contribution is 5.01. The molecule has 30 nitrogen and oxygen atoms in total. The summed E-state index contributed by atoms with van der Waals surface area (Å²) in [5.74, 6) is 0. The molecule has 23 fully saturated rings. The third-order valence-corrected chi connectivity index (χ3v) is 15.3. The quantitative estimate of drug-likeness (QED) is 0.107. The summed E-state index contributed by atoms with van der Waals surface area (Å²) in [6, 6.07) is 0.241. The molecule has 12 bridgehead atoms. The van der Waals surface area contributed by atoms with Crippen molar-refractivity contribution in [3.63, 3.8) is 0 Å². The summed E-state index contributed by atoms with van der Waals surface area (Å²) in [6.45, 7) is 4.26. The Morgan fingerprint density at radius 3 is 0.797 bits per heavy atom. The van der Waals surface area contributed by atoms with Crippen molar-refractivity contribution in [2.45, 2.75) is 217 Å². The molecule has 30 atom stereocenters. The first-order valence-electron chi connectivity index (χ1n) is 25.2. The zero-order chi connectivity index (χ0) is 53.6. The lowest BCUT2D eigenvalue weighted by Crippen LogP contribution is -2.69. The maximum atomic E-state index is 11.9. The minimum absolute atomic E-state index is 0.0147. The van der Waals surface area contributed by atoms with Crippen LogP contribution in [0.25, 0.3) is 0 Å². The Labute approximate surface area is 424 Å². The van der Waals surface area contributed by atoms with Gasteiger partial charge in [-0.2, -0.15) is 0 Å². The summed E-state index contributed by atoms with van der Waals surface area (Å²) < 4.78 is 71.1. The van der Waals surface area contributed by atoms with Gasteiger partial charge in [-0.05, 0) is 20.3 Å². The molecule has 23 heterocycles. The van der Waals surface area contributed by atoms with Crippen molar-refractivity contribution in [3.8, 4) is 0 Å². The lowest BCUT2D eigenvalue weighted by Gasteiger charge is -2.51. The predicted molar refractivity (Wildman–Crippen MR) is 235 cm³/mol. The molecule has 30 unspecified atom stereocenters. The first-order valence-corrected chi connectivity index (χ1v) is 25.2. The van der Waals surface area contributed by atoms with Crippen molar-refractivity contribution in [2.24, 2.45) is 0 Å². The second-order valence-electron chi connectivity index (χ2n) is 20.3. The van der Waals surface area contributed by atoms with E-state index >= 15 is 0 Å². The molecule has 430 valence electrons. The van der Waals surface area contributed by atoms with Crippen molar-refractivity contribution in [2.75, 3.05) is 59.2 Å². The van der Waals surface area contributed by atoms with E-state index in [0.29, 0.717) is 26.2 Å². The number of nitrogens with zero attached hydrogens (tertiary/aromatic N) is 2. The van der Waals surface area contributed by atoms with Gasteiger partial charge in [-0.1, -0.05) is 6.92 Å². The summed E-state index contributed by atoms with van der Waals surface area (Å²) in [6.07, 6.45) is -54.8. The van der Waals surface area contributed by atoms with Gasteiger partial charge < -0.3 is 139 Å². The standard InChI is InChI=1S/C44H76N2O28/c1-4-15-33-21(51)27(57)39(63-15)71-35-17(10-47)66-42(30(60)24(35)54)73-37-19(12-49)68-44(32(62)26(37)56)74-38-20(13-50)67-43(31(61)25(38)55)72-36-18(11-48)65-41(29(59)23(36)53)70-34-16(64-40(69-33)28(58)22(34)52)9-45-5-7-46(8-6-45)14(2)3/h14-44,47-62H,4-13H2,1-3H3. The minimum Gasteiger partial charge on any atom is -0.394 e. The van der Waals surface area contributed by atoms with Gasteiger partial charge in [0, 0.05) is 38.8 Å². The van der Waals surface area contributed by atoms with Crippen LogP contribution in [-0.2, 0) is 56.8 Å². The first-order chi connectivity index (χ1) is 35.2. The summed E-state index contributed by atoms with van der Waals surface area (Å²) in [5, 5.41) is 179. The van der Waals surface area contributed by atoms with Gasteiger partial charge in [0.25, 0.3) is 0 Å². The van der Waals surface area contributed by atoms with Crippen LogP contribution in [0.1, 0.15) is 27.2 Å². The van der Waals surface area contributed by atoms with Gasteiger partial charge in [-0.3, -0.25) is 9.80 Å². The monoisotopic (exact) mass is 1080 g/mol. The lowest BCUT2D eigenvalue weighted by molar-refractivity contribution is -0.403. The smallest absolute Gasteiger partial charge is 0.187 e. The van der Waals surface area contributed by atoms with Gasteiger partial charge >= 0.3 is 0 Å². The van der Waals surface area contributed by atoms with E-state index in [-0.39, 0.29) is 19.0 Å². The van der Waals surface area contributed by atoms with Crippen LogP contribution in [0.15, 0.2) is 0 Å². The molecule has 23 aliphatic heterocycles. The average Bonchev–Trinajstić information content (AvgIpc) is 3.39. The van der Waals surface area contributed by atoms with Crippen LogP contribution in [0.3, 0.4) is 0 Å². The van der Waals surface area contributed by atoms with Crippen molar-refractivity contribution in [1.82, 2.24) is 9.80 Å². The normalized spacial score (nSPS) is 52.5. The number of hydrogen-bond acceptors (Lipinski definition) is 30. The number of ether oxygens (including phenoxy) is 12. The van der Waals surface area contributed by atoms with E-state index in [4.69, 9.17) is 56.8 Å². The molecule has 0 radical (unpaired) electrons. The Kier molecular flexibility index (Phi) is 20.0. The summed E-state index contributed by atoms with van der Waals surface area (Å²) in [4.78, 5) is 4.23. The molecular weight excluding hydrogens is 1000 g/mol. The molecule has 0 aromatic heterocycles. The van der Waals surface area contributed by atoms with E-state index in [0.717, 1.165) is 0 Å². The van der Waals surface area contributed by atoms with Gasteiger partial charge in [0.2, 0.25) is 0 Å². The van der Waals surface area contributed by atoms with Crippen molar-refractivity contribution < 1.29 is 139 Å². The maximum absolute atomic E-state index is 11.9. The van der Waals surface area contributed by atoms with Crippen LogP contribution in [0.4, 0.5) is 0 Å². The van der Waals surface area contributed by atoms with E-state index in [1.807, 2.05) is 4.90 Å². The molecule has 23 rings (SSSR count). The maximum Gasteiger partial charge on any atom is 0.187 e. The highest BCUT2D eigenvalue weighted by Gasteiger charge is 2.59. The SMILES string of the molecule is CCC1OC2OC3C(CO)OC(OC4C(CO)OC(OC5C(CO)OC(OC6C(CO)OC(OC7C(CN8CCN(C(C)C)CC8)OC(OC1C(O)C2O)C(O)C7O)C(O)C6O)C(O)C5O)C(O)C4O)C(O)C3O. The Bertz CT molecular complexity index is 1730. The van der Waals surface area contributed by atoms with Crippen LogP contribution in [-0.4, -0.2) is 341 Å². The third-order valence-electron chi connectivity index (χ3n) is 15.3. The highest BCUT2D eigenvalue weighted by atomic mass is 16.8. The van der Waals surface area contributed by atoms with Crippen molar-refractivity contribution in [1.29, 1.82) is 0 Å². The first kappa shape index (κ1) is 58.9. The van der Waals surface area contributed by atoms with Gasteiger partial charge in [-0.15, -0.1) is 0 Å². The van der Waals surface area contributed by atoms with Gasteiger partial charge in [-0.25, -0.2) is 0 Å². The number of aliphatic hydroxyl groups is 16. The number of hydrogen-bond donors (Lipinski definition) is 16. The fourth-order valence-corrected chi connectivity index (χ4v) is 10.8. The molecule has 30 heteroatoms.